The van der Waals surface area contributed by atoms with E-state index in [0.29, 0.717) is 24.0 Å². The van der Waals surface area contributed by atoms with Crippen molar-refractivity contribution in [2.45, 2.75) is 82.2 Å². The van der Waals surface area contributed by atoms with Gasteiger partial charge in [0.1, 0.15) is 23.1 Å². The van der Waals surface area contributed by atoms with Crippen molar-refractivity contribution in [3.05, 3.63) is 59.7 Å². The quantitative estimate of drug-likeness (QED) is 0.260. The van der Waals surface area contributed by atoms with Crippen LogP contribution in [-0.4, -0.2) is 81.9 Å². The number of benzene rings is 2. The first-order chi connectivity index (χ1) is 21.5. The van der Waals surface area contributed by atoms with E-state index in [0.717, 1.165) is 17.1 Å². The highest BCUT2D eigenvalue weighted by molar-refractivity contribution is 8.00. The smallest absolute Gasteiger partial charge is 0.411 e. The zero-order valence-corrected chi connectivity index (χ0v) is 28.4. The van der Waals surface area contributed by atoms with E-state index >= 15 is 0 Å². The monoisotopic (exact) mass is 657 g/mol. The first-order valence-corrected chi connectivity index (χ1v) is 17.9. The summed E-state index contributed by atoms with van der Waals surface area (Å²) in [6, 6.07) is 13.2. The summed E-state index contributed by atoms with van der Waals surface area (Å²) in [6.07, 6.45) is 6.31. The van der Waals surface area contributed by atoms with E-state index in [9.17, 15) is 19.5 Å². The van der Waals surface area contributed by atoms with Crippen LogP contribution in [0.25, 0.3) is 0 Å². The minimum Gasteiger partial charge on any atom is -0.507 e. The molecule has 2 unspecified atom stereocenters. The SMILES string of the molecule is COc1ccc(CC(SCC2CCCCC2)C(CNC(=O)c2ccccc2O)NC(=O)[C@H]2CSCN2C(=O)OC(C)(C)C)cc1. The maximum absolute atomic E-state index is 13.9. The molecule has 0 radical (unpaired) electrons. The molecular formula is C34H47N3O6S2. The van der Waals surface area contributed by atoms with E-state index in [-0.39, 0.29) is 29.0 Å². The lowest BCUT2D eigenvalue weighted by atomic mass is 9.91. The molecule has 1 heterocycles. The van der Waals surface area contributed by atoms with Gasteiger partial charge in [0.2, 0.25) is 5.91 Å². The summed E-state index contributed by atoms with van der Waals surface area (Å²) in [6.45, 7) is 5.57. The molecule has 2 aliphatic rings. The number of phenolic OH excluding ortho intramolecular Hbond substituents is 1. The fraction of sp³-hybridized carbons (Fsp3) is 0.559. The second-order valence-electron chi connectivity index (χ2n) is 12.7. The average molecular weight is 658 g/mol. The summed E-state index contributed by atoms with van der Waals surface area (Å²) in [7, 11) is 1.64. The lowest BCUT2D eigenvalue weighted by Gasteiger charge is -2.32. The molecule has 11 heteroatoms. The van der Waals surface area contributed by atoms with Crippen LogP contribution in [0, 0.1) is 5.92 Å². The summed E-state index contributed by atoms with van der Waals surface area (Å²) in [5.41, 5.74) is 0.586. The van der Waals surface area contributed by atoms with Crippen LogP contribution in [0.1, 0.15) is 68.8 Å². The number of nitrogens with one attached hydrogen (secondary N) is 2. The van der Waals surface area contributed by atoms with Gasteiger partial charge in [0.15, 0.2) is 0 Å². The largest absolute Gasteiger partial charge is 0.507 e. The van der Waals surface area contributed by atoms with Crippen molar-refractivity contribution in [3.8, 4) is 11.5 Å². The number of carbonyl (C=O) groups is 3. The van der Waals surface area contributed by atoms with Crippen molar-refractivity contribution < 1.29 is 29.0 Å². The van der Waals surface area contributed by atoms with Crippen LogP contribution in [0.5, 0.6) is 11.5 Å². The summed E-state index contributed by atoms with van der Waals surface area (Å²) < 4.78 is 11.0. The van der Waals surface area contributed by atoms with Crippen molar-refractivity contribution in [2.75, 3.05) is 31.0 Å². The number of hydrogen-bond donors (Lipinski definition) is 3. The second kappa shape index (κ2) is 16.5. The number of para-hydroxylation sites is 1. The Kier molecular flexibility index (Phi) is 12.8. The van der Waals surface area contributed by atoms with Gasteiger partial charge in [-0.2, -0.15) is 11.8 Å². The van der Waals surface area contributed by atoms with E-state index in [2.05, 4.69) is 10.6 Å². The molecule has 1 saturated heterocycles. The first kappa shape index (κ1) is 34.8. The van der Waals surface area contributed by atoms with Crippen molar-refractivity contribution in [1.29, 1.82) is 0 Å². The molecule has 0 aromatic heterocycles. The third-order valence-corrected chi connectivity index (χ3v) is 10.7. The lowest BCUT2D eigenvalue weighted by molar-refractivity contribution is -0.125. The van der Waals surface area contributed by atoms with Gasteiger partial charge >= 0.3 is 6.09 Å². The van der Waals surface area contributed by atoms with Gasteiger partial charge in [-0.25, -0.2) is 4.79 Å². The molecule has 1 aliphatic heterocycles. The topological polar surface area (TPSA) is 117 Å². The van der Waals surface area contributed by atoms with Crippen LogP contribution in [0.2, 0.25) is 0 Å². The molecule has 1 aliphatic carbocycles. The van der Waals surface area contributed by atoms with Crippen LogP contribution in [0.4, 0.5) is 4.79 Å². The highest BCUT2D eigenvalue weighted by Crippen LogP contribution is 2.31. The van der Waals surface area contributed by atoms with E-state index in [4.69, 9.17) is 9.47 Å². The lowest BCUT2D eigenvalue weighted by Crippen LogP contribution is -2.56. The van der Waals surface area contributed by atoms with Gasteiger partial charge < -0.3 is 25.2 Å². The predicted molar refractivity (Wildman–Crippen MR) is 181 cm³/mol. The number of carbonyl (C=O) groups excluding carboxylic acids is 3. The Balaban J connectivity index is 1.57. The van der Waals surface area contributed by atoms with Crippen LogP contribution in [-0.2, 0) is 16.0 Å². The standard InChI is InChI=1S/C34H47N3O6S2/c1-34(2,3)43-33(41)37-22-44-21-28(37)32(40)36-27(19-35-31(39)26-12-8-9-13-29(26)38)30(45-20-24-10-6-5-7-11-24)18-23-14-16-25(42-4)17-15-23/h8-9,12-17,24,27-28,30,38H,5-7,10-11,18-22H2,1-4H3,(H,35,39)(H,36,40)/t27?,28-,30?/m1/s1. The molecule has 246 valence electrons. The Hall–Kier alpha value is -3.05. The number of ether oxygens (including phenoxy) is 2. The second-order valence-corrected chi connectivity index (χ2v) is 15.0. The van der Waals surface area contributed by atoms with Gasteiger partial charge in [-0.1, -0.05) is 43.5 Å². The Labute approximate surface area is 275 Å². The molecule has 0 spiro atoms. The normalized spacial score (nSPS) is 18.6. The Bertz CT molecular complexity index is 1280. The fourth-order valence-electron chi connectivity index (χ4n) is 5.60. The molecule has 3 atom stereocenters. The summed E-state index contributed by atoms with van der Waals surface area (Å²) >= 11 is 3.34. The number of methoxy groups -OCH3 is 1. The van der Waals surface area contributed by atoms with Gasteiger partial charge in [-0.15, -0.1) is 11.8 Å². The minimum absolute atomic E-state index is 0.0713. The van der Waals surface area contributed by atoms with Gasteiger partial charge in [0.05, 0.1) is 24.6 Å². The zero-order valence-electron chi connectivity index (χ0n) is 26.8. The Morgan fingerprint density at radius 2 is 1.78 bits per heavy atom. The summed E-state index contributed by atoms with van der Waals surface area (Å²) in [5.74, 6) is 2.38. The fourth-order valence-corrected chi connectivity index (χ4v) is 8.30. The maximum Gasteiger partial charge on any atom is 0.411 e. The molecular weight excluding hydrogens is 611 g/mol. The molecule has 4 rings (SSSR count). The molecule has 1 saturated carbocycles. The summed E-state index contributed by atoms with van der Waals surface area (Å²) in [5, 5.41) is 16.4. The number of phenols is 1. The van der Waals surface area contributed by atoms with Crippen molar-refractivity contribution >= 4 is 41.4 Å². The number of amides is 3. The van der Waals surface area contributed by atoms with Crippen molar-refractivity contribution in [1.82, 2.24) is 15.5 Å². The minimum atomic E-state index is -0.689. The number of nitrogens with zero attached hydrogens (tertiary/aromatic N) is 1. The highest BCUT2D eigenvalue weighted by atomic mass is 32.2. The van der Waals surface area contributed by atoms with Crippen molar-refractivity contribution in [2.24, 2.45) is 5.92 Å². The molecule has 2 fully saturated rings. The van der Waals surface area contributed by atoms with Crippen LogP contribution >= 0.6 is 23.5 Å². The van der Waals surface area contributed by atoms with E-state index in [1.165, 1.54) is 54.8 Å². The molecule has 2 aromatic carbocycles. The zero-order chi connectivity index (χ0) is 32.4. The van der Waals surface area contributed by atoms with Crippen molar-refractivity contribution in [3.63, 3.8) is 0 Å². The third kappa shape index (κ3) is 10.5. The summed E-state index contributed by atoms with van der Waals surface area (Å²) in [4.78, 5) is 41.5. The molecule has 2 aromatic rings. The predicted octanol–water partition coefficient (Wildman–Crippen LogP) is 5.85. The molecule has 9 nitrogen and oxygen atoms in total. The van der Waals surface area contributed by atoms with Crippen LogP contribution in [0.3, 0.4) is 0 Å². The maximum atomic E-state index is 13.9. The van der Waals surface area contributed by atoms with E-state index in [1.54, 1.807) is 46.1 Å². The molecule has 3 amide bonds. The van der Waals surface area contributed by atoms with E-state index < -0.39 is 29.7 Å². The first-order valence-electron chi connectivity index (χ1n) is 15.7. The molecule has 0 bridgehead atoms. The number of thioether (sulfide) groups is 2. The van der Waals surface area contributed by atoms with Crippen LogP contribution in [0.15, 0.2) is 48.5 Å². The van der Waals surface area contributed by atoms with Gasteiger partial charge in [0, 0.05) is 17.5 Å². The average Bonchev–Trinajstić information content (AvgIpc) is 3.52. The third-order valence-electron chi connectivity index (χ3n) is 8.09. The highest BCUT2D eigenvalue weighted by Gasteiger charge is 2.39. The van der Waals surface area contributed by atoms with Gasteiger partial charge in [-0.3, -0.25) is 14.5 Å². The van der Waals surface area contributed by atoms with Gasteiger partial charge in [0.25, 0.3) is 5.91 Å². The molecule has 3 N–H and O–H groups in total. The van der Waals surface area contributed by atoms with Crippen LogP contribution < -0.4 is 15.4 Å². The van der Waals surface area contributed by atoms with E-state index in [1.807, 2.05) is 36.0 Å². The van der Waals surface area contributed by atoms with Gasteiger partial charge in [-0.05, 0) is 81.5 Å². The number of rotatable bonds is 12. The number of hydrogen-bond acceptors (Lipinski definition) is 8. The molecule has 45 heavy (non-hydrogen) atoms. The Morgan fingerprint density at radius 1 is 1.07 bits per heavy atom. The Morgan fingerprint density at radius 3 is 2.44 bits per heavy atom. The number of aromatic hydroxyl groups is 1.